The molecule has 1 aromatic rings. The van der Waals surface area contributed by atoms with Crippen molar-refractivity contribution in [3.05, 3.63) is 42.5 Å². The third-order valence-electron chi connectivity index (χ3n) is 1.68. The minimum atomic E-state index is 0.541. The van der Waals surface area contributed by atoms with Crippen molar-refractivity contribution >= 4 is 23.0 Å². The van der Waals surface area contributed by atoms with Crippen LogP contribution in [0, 0.1) is 11.3 Å². The van der Waals surface area contributed by atoms with Crippen molar-refractivity contribution in [1.29, 1.82) is 5.26 Å². The fourth-order valence-electron chi connectivity index (χ4n) is 0.968. The summed E-state index contributed by atoms with van der Waals surface area (Å²) in [4.78, 5) is 0. The van der Waals surface area contributed by atoms with Crippen LogP contribution in [0.3, 0.4) is 0 Å². The summed E-state index contributed by atoms with van der Waals surface area (Å²) < 4.78 is 0. The zero-order valence-electron chi connectivity index (χ0n) is 8.16. The lowest BCUT2D eigenvalue weighted by molar-refractivity contribution is 1.06. The van der Waals surface area contributed by atoms with E-state index in [1.165, 1.54) is 0 Å². The lowest BCUT2D eigenvalue weighted by atomic mass is 10.2. The molecule has 0 aliphatic heterocycles. The highest BCUT2D eigenvalue weighted by Gasteiger charge is 1.95. The van der Waals surface area contributed by atoms with E-state index < -0.39 is 0 Å². The van der Waals surface area contributed by atoms with Crippen LogP contribution < -0.4 is 10.6 Å². The molecule has 1 rings (SSSR count). The van der Waals surface area contributed by atoms with Crippen LogP contribution >= 0.6 is 12.2 Å². The van der Waals surface area contributed by atoms with Crippen molar-refractivity contribution in [1.82, 2.24) is 5.32 Å². The van der Waals surface area contributed by atoms with Gasteiger partial charge in [0.15, 0.2) is 5.11 Å². The van der Waals surface area contributed by atoms with Gasteiger partial charge < -0.3 is 10.6 Å². The molecule has 0 aliphatic carbocycles. The van der Waals surface area contributed by atoms with Gasteiger partial charge in [0, 0.05) is 12.2 Å². The quantitative estimate of drug-likeness (QED) is 0.601. The molecule has 2 N–H and O–H groups in total. The number of hydrogen-bond acceptors (Lipinski definition) is 2. The molecule has 0 aliphatic rings. The van der Waals surface area contributed by atoms with Gasteiger partial charge in [-0.05, 0) is 36.5 Å². The summed E-state index contributed by atoms with van der Waals surface area (Å²) in [5.74, 6) is 0. The Morgan fingerprint density at radius 1 is 1.47 bits per heavy atom. The maximum atomic E-state index is 8.61. The van der Waals surface area contributed by atoms with Gasteiger partial charge >= 0.3 is 0 Å². The predicted molar refractivity (Wildman–Crippen MR) is 65.6 cm³/mol. The van der Waals surface area contributed by atoms with Crippen molar-refractivity contribution in [2.45, 2.75) is 0 Å². The van der Waals surface area contributed by atoms with Gasteiger partial charge in [0.05, 0.1) is 11.6 Å². The molecule has 15 heavy (non-hydrogen) atoms. The standard InChI is InChI=1S/C11H11N3S/c1-2-7-13-11(15)14-10-5-3-9(8-12)4-6-10/h2-6H,1,7H2,(H2,13,14,15). The Labute approximate surface area is 94.4 Å². The summed E-state index contributed by atoms with van der Waals surface area (Å²) >= 11 is 5.03. The molecule has 3 nitrogen and oxygen atoms in total. The SMILES string of the molecule is C=CCNC(=S)Nc1ccc(C#N)cc1. The van der Waals surface area contributed by atoms with Gasteiger partial charge in [-0.15, -0.1) is 6.58 Å². The smallest absolute Gasteiger partial charge is 0.171 e. The first-order chi connectivity index (χ1) is 7.26. The molecular formula is C11H11N3S. The molecule has 0 amide bonds. The van der Waals surface area contributed by atoms with E-state index in [1.807, 2.05) is 0 Å². The van der Waals surface area contributed by atoms with Crippen LogP contribution in [0.4, 0.5) is 5.69 Å². The molecule has 0 unspecified atom stereocenters. The molecule has 0 bridgehead atoms. The van der Waals surface area contributed by atoms with E-state index in [4.69, 9.17) is 17.5 Å². The molecule has 76 valence electrons. The fraction of sp³-hybridized carbons (Fsp3) is 0.0909. The third-order valence-corrected chi connectivity index (χ3v) is 1.93. The number of nitrogens with zero attached hydrogens (tertiary/aromatic N) is 1. The number of nitriles is 1. The molecular weight excluding hydrogens is 206 g/mol. The van der Waals surface area contributed by atoms with E-state index >= 15 is 0 Å². The van der Waals surface area contributed by atoms with Crippen LogP contribution in [0.25, 0.3) is 0 Å². The highest BCUT2D eigenvalue weighted by molar-refractivity contribution is 7.80. The van der Waals surface area contributed by atoms with Crippen molar-refractivity contribution in [2.24, 2.45) is 0 Å². The Balaban J connectivity index is 2.54. The molecule has 4 heteroatoms. The number of thiocarbonyl (C=S) groups is 1. The summed E-state index contributed by atoms with van der Waals surface area (Å²) in [6.45, 7) is 4.20. The Kier molecular flexibility index (Phi) is 4.32. The zero-order chi connectivity index (χ0) is 11.1. The Bertz CT molecular complexity index is 389. The van der Waals surface area contributed by atoms with E-state index in [2.05, 4.69) is 23.3 Å². The van der Waals surface area contributed by atoms with Crippen LogP contribution in [0.1, 0.15) is 5.56 Å². The number of rotatable bonds is 3. The maximum Gasteiger partial charge on any atom is 0.171 e. The maximum absolute atomic E-state index is 8.61. The lowest BCUT2D eigenvalue weighted by Crippen LogP contribution is -2.28. The molecule has 0 radical (unpaired) electrons. The molecule has 0 atom stereocenters. The minimum absolute atomic E-state index is 0.541. The Morgan fingerprint density at radius 3 is 2.67 bits per heavy atom. The summed E-state index contributed by atoms with van der Waals surface area (Å²) in [5, 5.41) is 15.1. The summed E-state index contributed by atoms with van der Waals surface area (Å²) in [5.41, 5.74) is 1.49. The number of benzene rings is 1. The van der Waals surface area contributed by atoms with E-state index in [1.54, 1.807) is 30.3 Å². The van der Waals surface area contributed by atoms with E-state index in [0.29, 0.717) is 17.2 Å². The molecule has 0 saturated heterocycles. The van der Waals surface area contributed by atoms with Crippen molar-refractivity contribution in [2.75, 3.05) is 11.9 Å². The second-order valence-corrected chi connectivity index (χ2v) is 3.22. The number of hydrogen-bond donors (Lipinski definition) is 2. The lowest BCUT2D eigenvalue weighted by Gasteiger charge is -2.08. The number of anilines is 1. The van der Waals surface area contributed by atoms with Crippen molar-refractivity contribution < 1.29 is 0 Å². The van der Waals surface area contributed by atoms with Crippen LogP contribution in [-0.2, 0) is 0 Å². The molecule has 0 fully saturated rings. The average Bonchev–Trinajstić information content (AvgIpc) is 2.27. The van der Waals surface area contributed by atoms with Crippen LogP contribution in [-0.4, -0.2) is 11.7 Å². The predicted octanol–water partition coefficient (Wildman–Crippen LogP) is 2.03. The molecule has 0 aromatic heterocycles. The van der Waals surface area contributed by atoms with Crippen molar-refractivity contribution in [3.63, 3.8) is 0 Å². The largest absolute Gasteiger partial charge is 0.359 e. The van der Waals surface area contributed by atoms with Gasteiger partial charge in [-0.3, -0.25) is 0 Å². The topological polar surface area (TPSA) is 47.8 Å². The second-order valence-electron chi connectivity index (χ2n) is 2.81. The molecule has 0 saturated carbocycles. The third kappa shape index (κ3) is 3.79. The summed E-state index contributed by atoms with van der Waals surface area (Å²) in [7, 11) is 0. The van der Waals surface area contributed by atoms with Gasteiger partial charge in [-0.2, -0.15) is 5.26 Å². The van der Waals surface area contributed by atoms with Crippen LogP contribution in [0.15, 0.2) is 36.9 Å². The highest BCUT2D eigenvalue weighted by atomic mass is 32.1. The van der Waals surface area contributed by atoms with Gasteiger partial charge in [-0.25, -0.2) is 0 Å². The van der Waals surface area contributed by atoms with E-state index in [0.717, 1.165) is 5.69 Å². The second kappa shape index (κ2) is 5.78. The van der Waals surface area contributed by atoms with Crippen molar-refractivity contribution in [3.8, 4) is 6.07 Å². The zero-order valence-corrected chi connectivity index (χ0v) is 8.97. The van der Waals surface area contributed by atoms with Gasteiger partial charge in [-0.1, -0.05) is 6.08 Å². The first-order valence-electron chi connectivity index (χ1n) is 4.42. The Morgan fingerprint density at radius 2 is 2.13 bits per heavy atom. The average molecular weight is 217 g/mol. The normalized spacial score (nSPS) is 8.73. The summed E-state index contributed by atoms with van der Waals surface area (Å²) in [6.07, 6.45) is 1.73. The number of nitrogens with one attached hydrogen (secondary N) is 2. The first-order valence-corrected chi connectivity index (χ1v) is 4.83. The van der Waals surface area contributed by atoms with Crippen LogP contribution in [0.5, 0.6) is 0 Å². The van der Waals surface area contributed by atoms with E-state index in [9.17, 15) is 0 Å². The van der Waals surface area contributed by atoms with Crippen LogP contribution in [0.2, 0.25) is 0 Å². The molecule has 0 heterocycles. The van der Waals surface area contributed by atoms with Gasteiger partial charge in [0.2, 0.25) is 0 Å². The summed E-state index contributed by atoms with van der Waals surface area (Å²) in [6, 6.07) is 9.13. The van der Waals surface area contributed by atoms with Gasteiger partial charge in [0.1, 0.15) is 0 Å². The monoisotopic (exact) mass is 217 g/mol. The fourth-order valence-corrected chi connectivity index (χ4v) is 1.17. The minimum Gasteiger partial charge on any atom is -0.359 e. The first kappa shape index (κ1) is 11.2. The Hall–Kier alpha value is -1.86. The molecule has 1 aromatic carbocycles. The molecule has 0 spiro atoms. The van der Waals surface area contributed by atoms with Gasteiger partial charge in [0.25, 0.3) is 0 Å². The highest BCUT2D eigenvalue weighted by Crippen LogP contribution is 2.08. The van der Waals surface area contributed by atoms with E-state index in [-0.39, 0.29) is 0 Å².